The van der Waals surface area contributed by atoms with E-state index in [2.05, 4.69) is 34.7 Å². The normalized spacial score (nSPS) is 21.0. The molecule has 2 nitrogen and oxygen atoms in total. The van der Waals surface area contributed by atoms with Gasteiger partial charge in [0.25, 0.3) is 0 Å². The summed E-state index contributed by atoms with van der Waals surface area (Å²) >= 11 is 3.29. The molecule has 1 aliphatic heterocycles. The first-order valence-corrected chi connectivity index (χ1v) is 8.64. The zero-order valence-corrected chi connectivity index (χ0v) is 14.5. The Labute approximate surface area is 135 Å². The molecule has 1 aromatic rings. The van der Waals surface area contributed by atoms with Gasteiger partial charge in [0, 0.05) is 12.0 Å². The highest BCUT2D eigenvalue weighted by Crippen LogP contribution is 2.31. The predicted molar refractivity (Wildman–Crippen MR) is 87.9 cm³/mol. The number of aliphatic hydroxyl groups is 1. The number of likely N-dealkylation sites (tertiary alicyclic amines) is 1. The van der Waals surface area contributed by atoms with Crippen molar-refractivity contribution in [3.05, 3.63) is 34.1 Å². The molecule has 2 atom stereocenters. The molecule has 4 heteroatoms. The van der Waals surface area contributed by atoms with Gasteiger partial charge in [0.1, 0.15) is 5.82 Å². The van der Waals surface area contributed by atoms with Crippen molar-refractivity contribution in [1.82, 2.24) is 4.90 Å². The summed E-state index contributed by atoms with van der Waals surface area (Å²) in [6.45, 7) is 6.35. The minimum Gasteiger partial charge on any atom is -0.391 e. The maximum Gasteiger partial charge on any atom is 0.137 e. The lowest BCUT2D eigenvalue weighted by Gasteiger charge is -2.46. The van der Waals surface area contributed by atoms with Gasteiger partial charge < -0.3 is 5.11 Å². The second-order valence-corrected chi connectivity index (χ2v) is 6.98. The van der Waals surface area contributed by atoms with E-state index in [9.17, 15) is 9.50 Å². The number of nitrogens with zero attached hydrogens (tertiary/aromatic N) is 1. The van der Waals surface area contributed by atoms with E-state index in [-0.39, 0.29) is 11.4 Å². The van der Waals surface area contributed by atoms with Gasteiger partial charge in [0.05, 0.1) is 10.6 Å². The average molecular weight is 358 g/mol. The van der Waals surface area contributed by atoms with Crippen LogP contribution in [0.25, 0.3) is 0 Å². The van der Waals surface area contributed by atoms with E-state index < -0.39 is 6.10 Å². The van der Waals surface area contributed by atoms with Crippen LogP contribution in [0.3, 0.4) is 0 Å². The molecule has 1 fully saturated rings. The highest BCUT2D eigenvalue weighted by Gasteiger charge is 2.38. The van der Waals surface area contributed by atoms with Gasteiger partial charge in [-0.15, -0.1) is 0 Å². The highest BCUT2D eigenvalue weighted by molar-refractivity contribution is 9.10. The molecule has 0 spiro atoms. The van der Waals surface area contributed by atoms with Gasteiger partial charge in [-0.25, -0.2) is 4.39 Å². The summed E-state index contributed by atoms with van der Waals surface area (Å²) in [6.07, 6.45) is 4.54. The van der Waals surface area contributed by atoms with Gasteiger partial charge in [-0.2, -0.15) is 0 Å². The number of hydrogen-bond donors (Lipinski definition) is 1. The molecule has 0 aromatic heterocycles. The molecule has 2 unspecified atom stereocenters. The Balaban J connectivity index is 2.15. The second kappa shape index (κ2) is 7.21. The molecule has 1 saturated heterocycles. The maximum atomic E-state index is 13.6. The quantitative estimate of drug-likeness (QED) is 0.855. The van der Waals surface area contributed by atoms with Gasteiger partial charge >= 0.3 is 0 Å². The molecule has 118 valence electrons. The molecule has 0 radical (unpaired) electrons. The summed E-state index contributed by atoms with van der Waals surface area (Å²) in [5, 5.41) is 10.8. The number of rotatable bonds is 5. The van der Waals surface area contributed by atoms with Crippen molar-refractivity contribution in [2.45, 2.75) is 57.6 Å². The number of halogens is 2. The fraction of sp³-hybridized carbons (Fsp3) is 0.647. The van der Waals surface area contributed by atoms with Gasteiger partial charge in [-0.3, -0.25) is 4.90 Å². The lowest BCUT2D eigenvalue weighted by molar-refractivity contribution is -0.0329. The van der Waals surface area contributed by atoms with Crippen molar-refractivity contribution >= 4 is 15.9 Å². The van der Waals surface area contributed by atoms with Crippen molar-refractivity contribution in [2.75, 3.05) is 13.1 Å². The molecule has 0 amide bonds. The van der Waals surface area contributed by atoms with E-state index in [0.29, 0.717) is 10.9 Å². The van der Waals surface area contributed by atoms with Crippen molar-refractivity contribution in [1.29, 1.82) is 0 Å². The standard InChI is InChI=1S/C17H25BrFNO/c1-3-17(2,20-10-5-4-6-11-20)15(21)12-13-8-7-9-14(19)16(13)18/h7-9,15,21H,3-6,10-12H2,1-2H3. The monoisotopic (exact) mass is 357 g/mol. The molecule has 1 aromatic carbocycles. The molecule has 2 rings (SSSR count). The minimum absolute atomic E-state index is 0.244. The minimum atomic E-state index is -0.501. The van der Waals surface area contributed by atoms with Crippen molar-refractivity contribution in [3.63, 3.8) is 0 Å². The number of benzene rings is 1. The number of aliphatic hydroxyl groups excluding tert-OH is 1. The van der Waals surface area contributed by atoms with E-state index >= 15 is 0 Å². The van der Waals surface area contributed by atoms with Crippen LogP contribution >= 0.6 is 15.9 Å². The average Bonchev–Trinajstić information content (AvgIpc) is 2.51. The summed E-state index contributed by atoms with van der Waals surface area (Å²) < 4.78 is 14.1. The van der Waals surface area contributed by atoms with Gasteiger partial charge in [0.15, 0.2) is 0 Å². The first kappa shape index (κ1) is 16.9. The summed E-state index contributed by atoms with van der Waals surface area (Å²) in [5.74, 6) is -0.268. The predicted octanol–water partition coefficient (Wildman–Crippen LogP) is 4.15. The van der Waals surface area contributed by atoms with Crippen LogP contribution in [-0.2, 0) is 6.42 Å². The largest absolute Gasteiger partial charge is 0.391 e. The second-order valence-electron chi connectivity index (χ2n) is 6.19. The SMILES string of the molecule is CCC(C)(C(O)Cc1cccc(F)c1Br)N1CCCCC1. The van der Waals surface area contributed by atoms with Crippen molar-refractivity contribution in [2.24, 2.45) is 0 Å². The zero-order valence-electron chi connectivity index (χ0n) is 12.9. The molecular weight excluding hydrogens is 333 g/mol. The first-order valence-electron chi connectivity index (χ1n) is 7.85. The number of hydrogen-bond acceptors (Lipinski definition) is 2. The Hall–Kier alpha value is -0.450. The summed E-state index contributed by atoms with van der Waals surface area (Å²) in [6, 6.07) is 5.01. The van der Waals surface area contributed by atoms with E-state index in [1.54, 1.807) is 6.07 Å². The first-order chi connectivity index (χ1) is 9.99. The van der Waals surface area contributed by atoms with E-state index in [0.717, 1.165) is 25.1 Å². The highest BCUT2D eigenvalue weighted by atomic mass is 79.9. The molecule has 1 aliphatic rings. The van der Waals surface area contributed by atoms with Crippen LogP contribution < -0.4 is 0 Å². The smallest absolute Gasteiger partial charge is 0.137 e. The molecule has 1 heterocycles. The van der Waals surface area contributed by atoms with Gasteiger partial charge in [0.2, 0.25) is 0 Å². The van der Waals surface area contributed by atoms with E-state index in [4.69, 9.17) is 0 Å². The van der Waals surface area contributed by atoms with Crippen LogP contribution in [0.5, 0.6) is 0 Å². The van der Waals surface area contributed by atoms with E-state index in [1.165, 1.54) is 25.3 Å². The molecule has 0 aliphatic carbocycles. The fourth-order valence-corrected chi connectivity index (χ4v) is 3.64. The Morgan fingerprint density at radius 3 is 2.62 bits per heavy atom. The molecule has 0 bridgehead atoms. The lowest BCUT2D eigenvalue weighted by Crippen LogP contribution is -2.56. The third-order valence-corrected chi connectivity index (χ3v) is 5.85. The third kappa shape index (κ3) is 3.66. The number of piperidine rings is 1. The van der Waals surface area contributed by atoms with Crippen LogP contribution in [-0.4, -0.2) is 34.7 Å². The van der Waals surface area contributed by atoms with Crippen molar-refractivity contribution < 1.29 is 9.50 Å². The fourth-order valence-electron chi connectivity index (χ4n) is 3.21. The van der Waals surface area contributed by atoms with Crippen LogP contribution in [0.1, 0.15) is 45.1 Å². The van der Waals surface area contributed by atoms with Gasteiger partial charge in [-0.1, -0.05) is 25.5 Å². The Kier molecular flexibility index (Phi) is 5.81. The summed E-state index contributed by atoms with van der Waals surface area (Å²) in [5.41, 5.74) is 0.589. The van der Waals surface area contributed by atoms with E-state index in [1.807, 2.05) is 6.07 Å². The summed E-state index contributed by atoms with van der Waals surface area (Å²) in [4.78, 5) is 2.41. The Morgan fingerprint density at radius 1 is 1.33 bits per heavy atom. The maximum absolute atomic E-state index is 13.6. The zero-order chi connectivity index (χ0) is 15.5. The van der Waals surface area contributed by atoms with Crippen LogP contribution in [0.2, 0.25) is 0 Å². The molecular formula is C17H25BrFNO. The van der Waals surface area contributed by atoms with Crippen LogP contribution in [0, 0.1) is 5.82 Å². The summed E-state index contributed by atoms with van der Waals surface area (Å²) in [7, 11) is 0. The topological polar surface area (TPSA) is 23.5 Å². The van der Waals surface area contributed by atoms with Crippen LogP contribution in [0.4, 0.5) is 4.39 Å². The Bertz CT molecular complexity index is 476. The third-order valence-electron chi connectivity index (χ3n) is 4.96. The van der Waals surface area contributed by atoms with Crippen molar-refractivity contribution in [3.8, 4) is 0 Å². The van der Waals surface area contributed by atoms with Gasteiger partial charge in [-0.05, 0) is 66.8 Å². The molecule has 21 heavy (non-hydrogen) atoms. The van der Waals surface area contributed by atoms with Crippen LogP contribution in [0.15, 0.2) is 22.7 Å². The lowest BCUT2D eigenvalue weighted by atomic mass is 9.84. The Morgan fingerprint density at radius 2 is 2.00 bits per heavy atom. The molecule has 1 N–H and O–H groups in total. The molecule has 0 saturated carbocycles.